The van der Waals surface area contributed by atoms with Crippen molar-refractivity contribution < 1.29 is 14.6 Å². The first-order valence-electron chi connectivity index (χ1n) is 8.96. The number of nitriles is 1. The van der Waals surface area contributed by atoms with Gasteiger partial charge in [0.25, 0.3) is 5.91 Å². The normalized spacial score (nSPS) is 13.8. The molecule has 3 aromatic heterocycles. The van der Waals surface area contributed by atoms with Crippen LogP contribution in [0.25, 0.3) is 10.9 Å². The van der Waals surface area contributed by atoms with Crippen molar-refractivity contribution in [2.45, 2.75) is 6.54 Å². The van der Waals surface area contributed by atoms with Gasteiger partial charge in [-0.25, -0.2) is 19.9 Å². The summed E-state index contributed by atoms with van der Waals surface area (Å²) in [6.07, 6.45) is 4.44. The Labute approximate surface area is 165 Å². The molecule has 0 unspecified atom stereocenters. The van der Waals surface area contributed by atoms with Crippen molar-refractivity contribution >= 4 is 22.8 Å². The van der Waals surface area contributed by atoms with Crippen molar-refractivity contribution in [3.05, 3.63) is 47.7 Å². The number of hydrogen-bond acceptors (Lipinski definition) is 9. The lowest BCUT2D eigenvalue weighted by Crippen LogP contribution is -2.37. The molecule has 1 fully saturated rings. The van der Waals surface area contributed by atoms with E-state index in [1.54, 1.807) is 12.1 Å². The van der Waals surface area contributed by atoms with Crippen LogP contribution in [-0.2, 0) is 11.3 Å². The third kappa shape index (κ3) is 3.90. The lowest BCUT2D eigenvalue weighted by molar-refractivity contribution is 0.0943. The van der Waals surface area contributed by atoms with Gasteiger partial charge in [-0.2, -0.15) is 5.26 Å². The molecule has 146 valence electrons. The fourth-order valence-electron chi connectivity index (χ4n) is 2.92. The molecule has 4 rings (SSSR count). The van der Waals surface area contributed by atoms with Crippen LogP contribution in [0.1, 0.15) is 21.7 Å². The molecule has 10 heteroatoms. The largest absolute Gasteiger partial charge is 0.505 e. The smallest absolute Gasteiger partial charge is 0.274 e. The van der Waals surface area contributed by atoms with Crippen molar-refractivity contribution in [1.29, 1.82) is 5.26 Å². The number of hydrogen-bond donors (Lipinski definition) is 2. The topological polar surface area (TPSA) is 137 Å². The van der Waals surface area contributed by atoms with E-state index in [9.17, 15) is 9.90 Å². The molecule has 0 aliphatic carbocycles. The maximum atomic E-state index is 12.5. The Balaban J connectivity index is 1.51. The number of rotatable bonds is 4. The van der Waals surface area contributed by atoms with E-state index in [4.69, 9.17) is 10.00 Å². The Hall–Kier alpha value is -3.84. The first-order valence-corrected chi connectivity index (χ1v) is 8.96. The zero-order valence-electron chi connectivity index (χ0n) is 15.4. The monoisotopic (exact) mass is 391 g/mol. The minimum absolute atomic E-state index is 0.109. The highest BCUT2D eigenvalue weighted by Crippen LogP contribution is 2.26. The van der Waals surface area contributed by atoms with Crippen LogP contribution < -0.4 is 10.2 Å². The number of carbonyl (C=O) groups is 1. The average Bonchev–Trinajstić information content (AvgIpc) is 2.78. The van der Waals surface area contributed by atoms with Gasteiger partial charge in [-0.15, -0.1) is 0 Å². The number of nitrogens with zero attached hydrogens (tertiary/aromatic N) is 6. The number of anilines is 1. The third-order valence-corrected chi connectivity index (χ3v) is 4.50. The number of amides is 1. The summed E-state index contributed by atoms with van der Waals surface area (Å²) in [5.74, 6) is -0.273. The number of morpholine rings is 1. The van der Waals surface area contributed by atoms with Gasteiger partial charge in [-0.3, -0.25) is 4.79 Å². The minimum atomic E-state index is -0.536. The van der Waals surface area contributed by atoms with Crippen LogP contribution in [0.15, 0.2) is 30.7 Å². The van der Waals surface area contributed by atoms with Gasteiger partial charge in [0.15, 0.2) is 11.4 Å². The molecule has 29 heavy (non-hydrogen) atoms. The molecule has 10 nitrogen and oxygen atoms in total. The van der Waals surface area contributed by atoms with Gasteiger partial charge in [-0.05, 0) is 11.6 Å². The molecule has 0 radical (unpaired) electrons. The summed E-state index contributed by atoms with van der Waals surface area (Å²) in [6, 6.07) is 5.19. The van der Waals surface area contributed by atoms with Crippen LogP contribution >= 0.6 is 0 Å². The summed E-state index contributed by atoms with van der Waals surface area (Å²) < 4.78 is 5.32. The second-order valence-electron chi connectivity index (χ2n) is 6.37. The number of nitrogens with one attached hydrogen (secondary N) is 1. The number of ether oxygens (including phenoxy) is 1. The van der Waals surface area contributed by atoms with Crippen LogP contribution in [-0.4, -0.2) is 57.3 Å². The number of fused-ring (bicyclic) bond motifs is 1. The predicted molar refractivity (Wildman–Crippen MR) is 102 cm³/mol. The third-order valence-electron chi connectivity index (χ3n) is 4.50. The number of aromatic nitrogens is 4. The highest BCUT2D eigenvalue weighted by molar-refractivity contribution is 6.00. The van der Waals surface area contributed by atoms with E-state index in [0.717, 1.165) is 5.56 Å². The van der Waals surface area contributed by atoms with E-state index in [1.807, 2.05) is 11.0 Å². The summed E-state index contributed by atoms with van der Waals surface area (Å²) in [5, 5.41) is 22.3. The molecule has 3 aromatic rings. The van der Waals surface area contributed by atoms with Gasteiger partial charge in [-0.1, -0.05) is 6.07 Å². The Morgan fingerprint density at radius 2 is 2.03 bits per heavy atom. The van der Waals surface area contributed by atoms with Crippen molar-refractivity contribution in [3.63, 3.8) is 0 Å². The summed E-state index contributed by atoms with van der Waals surface area (Å²) >= 11 is 0. The van der Waals surface area contributed by atoms with Crippen LogP contribution in [0, 0.1) is 11.3 Å². The van der Waals surface area contributed by atoms with Crippen LogP contribution in [0.4, 0.5) is 5.95 Å². The molecule has 0 atom stereocenters. The zero-order valence-corrected chi connectivity index (χ0v) is 15.4. The van der Waals surface area contributed by atoms with Crippen molar-refractivity contribution in [2.24, 2.45) is 0 Å². The average molecular weight is 391 g/mol. The number of pyridine rings is 2. The van der Waals surface area contributed by atoms with Gasteiger partial charge in [0.05, 0.1) is 30.3 Å². The van der Waals surface area contributed by atoms with Gasteiger partial charge >= 0.3 is 0 Å². The molecule has 1 aliphatic heterocycles. The molecule has 1 aliphatic rings. The lowest BCUT2D eigenvalue weighted by Gasteiger charge is -2.26. The quantitative estimate of drug-likeness (QED) is 0.660. The first-order chi connectivity index (χ1) is 14.2. The van der Waals surface area contributed by atoms with E-state index >= 15 is 0 Å². The standard InChI is InChI=1S/C19H17N7O3/c20-7-13-2-1-12(8-21-13)9-23-18(28)16-17(27)14-10-24-19(25-15(14)11-22-16)26-3-5-29-6-4-26/h1-2,8,10-11,27H,3-6,9H2,(H,23,28). The number of carbonyl (C=O) groups excluding carboxylic acids is 1. The molecular weight excluding hydrogens is 374 g/mol. The Morgan fingerprint density at radius 3 is 2.76 bits per heavy atom. The van der Waals surface area contributed by atoms with E-state index in [0.29, 0.717) is 48.8 Å². The molecule has 1 saturated heterocycles. The van der Waals surface area contributed by atoms with Crippen molar-refractivity contribution in [3.8, 4) is 11.8 Å². The maximum Gasteiger partial charge on any atom is 0.274 e. The molecule has 0 saturated carbocycles. The first kappa shape index (κ1) is 18.5. The Morgan fingerprint density at radius 1 is 1.21 bits per heavy atom. The molecular formula is C19H17N7O3. The van der Waals surface area contributed by atoms with Crippen LogP contribution in [0.5, 0.6) is 5.75 Å². The van der Waals surface area contributed by atoms with Crippen LogP contribution in [0.3, 0.4) is 0 Å². The molecule has 0 bridgehead atoms. The predicted octanol–water partition coefficient (Wildman–Crippen LogP) is 0.764. The minimum Gasteiger partial charge on any atom is -0.505 e. The SMILES string of the molecule is N#Cc1ccc(CNC(=O)c2ncc3nc(N4CCOCC4)ncc3c2O)cn1. The second kappa shape index (κ2) is 8.04. The summed E-state index contributed by atoms with van der Waals surface area (Å²) in [6.45, 7) is 2.78. The van der Waals surface area contributed by atoms with E-state index in [2.05, 4.69) is 25.3 Å². The zero-order chi connectivity index (χ0) is 20.2. The Bertz CT molecular complexity index is 1090. The lowest BCUT2D eigenvalue weighted by atomic mass is 10.2. The van der Waals surface area contributed by atoms with Gasteiger partial charge < -0.3 is 20.1 Å². The van der Waals surface area contributed by atoms with E-state index in [1.165, 1.54) is 18.6 Å². The summed E-state index contributed by atoms with van der Waals surface area (Å²) in [4.78, 5) is 31.2. The fourth-order valence-corrected chi connectivity index (χ4v) is 2.92. The van der Waals surface area contributed by atoms with Crippen LogP contribution in [0.2, 0.25) is 0 Å². The van der Waals surface area contributed by atoms with Gasteiger partial charge in [0, 0.05) is 32.0 Å². The number of aromatic hydroxyl groups is 1. The van der Waals surface area contributed by atoms with Gasteiger partial charge in [0.2, 0.25) is 5.95 Å². The second-order valence-corrected chi connectivity index (χ2v) is 6.37. The molecule has 0 aromatic carbocycles. The highest BCUT2D eigenvalue weighted by Gasteiger charge is 2.19. The fraction of sp³-hybridized carbons (Fsp3) is 0.263. The molecule has 4 heterocycles. The van der Waals surface area contributed by atoms with Gasteiger partial charge in [0.1, 0.15) is 11.8 Å². The van der Waals surface area contributed by atoms with Crippen molar-refractivity contribution in [2.75, 3.05) is 31.2 Å². The molecule has 2 N–H and O–H groups in total. The summed E-state index contributed by atoms with van der Waals surface area (Å²) in [5.41, 5.74) is 1.36. The Kier molecular flexibility index (Phi) is 5.13. The summed E-state index contributed by atoms with van der Waals surface area (Å²) in [7, 11) is 0. The van der Waals surface area contributed by atoms with E-state index < -0.39 is 5.91 Å². The molecule has 1 amide bonds. The van der Waals surface area contributed by atoms with E-state index in [-0.39, 0.29) is 18.0 Å². The van der Waals surface area contributed by atoms with Crippen molar-refractivity contribution in [1.82, 2.24) is 25.3 Å². The maximum absolute atomic E-state index is 12.5. The highest BCUT2D eigenvalue weighted by atomic mass is 16.5. The molecule has 0 spiro atoms.